The molecule has 0 fully saturated rings. The lowest BCUT2D eigenvalue weighted by Gasteiger charge is -2.19. The number of aromatic nitrogens is 2. The van der Waals surface area contributed by atoms with Crippen molar-refractivity contribution in [3.05, 3.63) is 155 Å². The van der Waals surface area contributed by atoms with E-state index in [0.717, 1.165) is 88.2 Å². The van der Waals surface area contributed by atoms with Gasteiger partial charge in [-0.1, -0.05) is 388 Å². The van der Waals surface area contributed by atoms with Crippen LogP contribution in [0, 0.1) is 22.7 Å². The minimum absolute atomic E-state index is 0.146. The van der Waals surface area contributed by atoms with E-state index in [2.05, 4.69) is 51.5 Å². The number of nitriles is 2. The molecule has 0 amide bonds. The Bertz CT molecular complexity index is 3900. The second-order valence-electron chi connectivity index (χ2n) is 37.3. The molecule has 738 valence electrons. The highest BCUT2D eigenvalue weighted by Gasteiger charge is 2.23. The fourth-order valence-electron chi connectivity index (χ4n) is 17.2. The molecule has 7 rings (SSSR count). The van der Waals surface area contributed by atoms with Crippen LogP contribution in [-0.2, 0) is 13.2 Å². The molecule has 0 unspecified atom stereocenters. The number of nitrogens with zero attached hydrogens (tertiary/aromatic N) is 4. The van der Waals surface area contributed by atoms with Crippen molar-refractivity contribution in [3.8, 4) is 92.1 Å². The van der Waals surface area contributed by atoms with E-state index >= 15 is 0 Å². The van der Waals surface area contributed by atoms with E-state index in [1.165, 1.54) is 308 Å². The highest BCUT2D eigenvalue weighted by molar-refractivity contribution is 5.92. The second kappa shape index (κ2) is 74.0. The van der Waals surface area contributed by atoms with Gasteiger partial charge in [0.1, 0.15) is 48.4 Å². The molecule has 0 N–H and O–H groups in total. The first-order valence-corrected chi connectivity index (χ1v) is 54.1. The van der Waals surface area contributed by atoms with Gasteiger partial charge in [0.2, 0.25) is 11.5 Å². The summed E-state index contributed by atoms with van der Waals surface area (Å²) in [5, 5.41) is 20.3. The fourth-order valence-corrected chi connectivity index (χ4v) is 17.2. The summed E-state index contributed by atoms with van der Waals surface area (Å²) in [7, 11) is 0. The first-order valence-electron chi connectivity index (χ1n) is 54.1. The Morgan fingerprint density at radius 2 is 0.433 bits per heavy atom. The molecule has 16 heteroatoms. The molecular formula is C118H174N4O12. The van der Waals surface area contributed by atoms with Crippen LogP contribution in [0.25, 0.3) is 22.5 Å². The number of unbranched alkanes of at least 4 members (excludes halogenated alkanes) is 54. The number of carbonyl (C=O) groups excluding carboxylic acids is 2. The molecule has 0 atom stereocenters. The van der Waals surface area contributed by atoms with Crippen molar-refractivity contribution in [2.45, 2.75) is 440 Å². The number of ether oxygens (including phenoxy) is 10. The molecule has 7 aromatic rings. The molecule has 1 heterocycles. The Balaban J connectivity index is 0.981. The van der Waals surface area contributed by atoms with Crippen molar-refractivity contribution >= 4 is 11.9 Å². The summed E-state index contributed by atoms with van der Waals surface area (Å²) in [5.74, 6) is 4.65. The third-order valence-corrected chi connectivity index (χ3v) is 25.4. The van der Waals surface area contributed by atoms with E-state index < -0.39 is 11.9 Å². The number of hydrogen-bond donors (Lipinski definition) is 0. The molecular weight excluding hydrogens is 1670 g/mol. The predicted molar refractivity (Wildman–Crippen MR) is 551 cm³/mol. The number of carbonyl (C=O) groups is 2. The smallest absolute Gasteiger partial charge is 0.343 e. The second-order valence-corrected chi connectivity index (χ2v) is 37.3. The molecule has 0 saturated heterocycles. The average molecular weight is 1840 g/mol. The van der Waals surface area contributed by atoms with Gasteiger partial charge in [0.25, 0.3) is 0 Å². The average Bonchev–Trinajstić information content (AvgIpc) is 0.784. The van der Waals surface area contributed by atoms with Crippen LogP contribution in [0.4, 0.5) is 0 Å². The van der Waals surface area contributed by atoms with E-state index in [-0.39, 0.29) is 36.1 Å². The van der Waals surface area contributed by atoms with E-state index in [0.29, 0.717) is 119 Å². The monoisotopic (exact) mass is 1840 g/mol. The lowest BCUT2D eigenvalue weighted by molar-refractivity contribution is 0.0725. The number of rotatable bonds is 84. The van der Waals surface area contributed by atoms with E-state index in [1.807, 2.05) is 36.4 Å². The Morgan fingerprint density at radius 3 is 0.642 bits per heavy atom. The summed E-state index contributed by atoms with van der Waals surface area (Å²) in [4.78, 5) is 37.0. The van der Waals surface area contributed by atoms with Gasteiger partial charge in [0.15, 0.2) is 34.4 Å². The summed E-state index contributed by atoms with van der Waals surface area (Å²) in [5.41, 5.74) is 3.85. The summed E-state index contributed by atoms with van der Waals surface area (Å²) >= 11 is 0. The van der Waals surface area contributed by atoms with Gasteiger partial charge in [-0.15, -0.1) is 0 Å². The van der Waals surface area contributed by atoms with Crippen LogP contribution in [0.3, 0.4) is 0 Å². The van der Waals surface area contributed by atoms with Crippen LogP contribution in [-0.4, -0.2) is 61.5 Å². The highest BCUT2D eigenvalue weighted by Crippen LogP contribution is 2.43. The van der Waals surface area contributed by atoms with Crippen molar-refractivity contribution < 1.29 is 57.0 Å². The molecule has 0 radical (unpaired) electrons. The maximum atomic E-state index is 13.8. The lowest BCUT2D eigenvalue weighted by atomic mass is 10.0. The minimum Gasteiger partial charge on any atom is -0.490 e. The Morgan fingerprint density at radius 1 is 0.239 bits per heavy atom. The maximum Gasteiger partial charge on any atom is 0.343 e. The zero-order valence-electron chi connectivity index (χ0n) is 84.3. The van der Waals surface area contributed by atoms with E-state index in [1.54, 1.807) is 97.1 Å². The molecule has 16 nitrogen and oxygen atoms in total. The molecule has 1 aromatic heterocycles. The molecule has 134 heavy (non-hydrogen) atoms. The molecule has 0 saturated carbocycles. The minimum atomic E-state index is -0.569. The van der Waals surface area contributed by atoms with Crippen LogP contribution in [0.1, 0.15) is 470 Å². The molecule has 0 spiro atoms. The predicted octanol–water partition coefficient (Wildman–Crippen LogP) is 34.9. The van der Waals surface area contributed by atoms with Gasteiger partial charge in [-0.25, -0.2) is 19.6 Å². The Kier molecular flexibility index (Phi) is 61.7. The van der Waals surface area contributed by atoms with Crippen molar-refractivity contribution in [1.82, 2.24) is 9.97 Å². The molecule has 0 bridgehead atoms. The topological polar surface area (TPSA) is 200 Å². The third kappa shape index (κ3) is 48.0. The zero-order chi connectivity index (χ0) is 94.8. The Hall–Kier alpha value is -9.28. The standard InChI is InChI=1S/C118H174N4O12/c1-7-13-19-25-31-37-43-49-55-61-83-125-109-89-97(90-110(126-84-62-56-50-44-38-32-26-20-14-8-2)115(109)129-87-65-59-53-47-41-35-29-23-17-11-5)95-131-103-75-71-101(72-76-103)117(123)133-105-79-67-99(68-80-105)113-114(122-108(94-120)107(93-119)121-113)100-69-81-106(82-70-100)134-118(124)102-73-77-104(78-74-102)132-96-98-91-111(127-85-63-57-51-45-39-33-27-21-15-9-3)116(130-88-66-60-54-48-42-36-30-24-18-12-6)112(92-98)128-86-64-58-52-46-40-34-28-22-16-10-4/h67-82,89-92H,7-66,83-88,95-96H2,1-6H3. The van der Waals surface area contributed by atoms with Gasteiger partial charge in [-0.3, -0.25) is 0 Å². The molecule has 0 aliphatic carbocycles. The van der Waals surface area contributed by atoms with Gasteiger partial charge in [-0.2, -0.15) is 10.5 Å². The van der Waals surface area contributed by atoms with Gasteiger partial charge in [0, 0.05) is 11.1 Å². The van der Waals surface area contributed by atoms with Crippen LogP contribution in [0.15, 0.2) is 121 Å². The van der Waals surface area contributed by atoms with Crippen LogP contribution in [0.2, 0.25) is 0 Å². The van der Waals surface area contributed by atoms with E-state index in [4.69, 9.17) is 47.4 Å². The van der Waals surface area contributed by atoms with Gasteiger partial charge < -0.3 is 47.4 Å². The van der Waals surface area contributed by atoms with Crippen molar-refractivity contribution in [2.75, 3.05) is 39.6 Å². The number of hydrogen-bond acceptors (Lipinski definition) is 16. The van der Waals surface area contributed by atoms with Crippen LogP contribution < -0.4 is 47.4 Å². The van der Waals surface area contributed by atoms with E-state index in [9.17, 15) is 20.1 Å². The fraction of sp³-hybridized carbons (Fsp3) is 0.627. The van der Waals surface area contributed by atoms with Crippen molar-refractivity contribution in [2.24, 2.45) is 0 Å². The quantitative estimate of drug-likeness (QED) is 0.0198. The maximum absolute atomic E-state index is 13.8. The van der Waals surface area contributed by atoms with Crippen LogP contribution >= 0.6 is 0 Å². The Labute approximate surface area is 811 Å². The number of esters is 2. The van der Waals surface area contributed by atoms with Crippen LogP contribution in [0.5, 0.6) is 57.5 Å². The SMILES string of the molecule is CCCCCCCCCCCCOc1cc(COc2ccc(C(=O)Oc3ccc(-c4nc(C#N)c(C#N)nc4-c4ccc(OC(=O)c5ccc(OCc6cc(OCCCCCCCCCCCC)c(OCCCCCCCCCCCC)c(OCCCCCCCCCCCC)c6)cc5)cc4)cc3)cc2)cc(OCCCCCCCCCCCC)c1OCCCCCCCCCCCC. The summed E-state index contributed by atoms with van der Waals surface area (Å²) in [6.07, 6.45) is 74.8. The van der Waals surface area contributed by atoms with Gasteiger partial charge in [-0.05, 0) is 171 Å². The van der Waals surface area contributed by atoms with Crippen molar-refractivity contribution in [3.63, 3.8) is 0 Å². The third-order valence-electron chi connectivity index (χ3n) is 25.4. The first kappa shape index (κ1) is 112. The van der Waals surface area contributed by atoms with Gasteiger partial charge in [0.05, 0.1) is 62.2 Å². The lowest BCUT2D eigenvalue weighted by Crippen LogP contribution is -2.09. The largest absolute Gasteiger partial charge is 0.490 e. The molecule has 0 aliphatic rings. The highest BCUT2D eigenvalue weighted by atomic mass is 16.6. The summed E-state index contributed by atoms with van der Waals surface area (Å²) in [6, 6.07) is 39.5. The first-order chi connectivity index (χ1) is 66.1. The molecule has 6 aromatic carbocycles. The normalized spacial score (nSPS) is 11.2. The van der Waals surface area contributed by atoms with Gasteiger partial charge >= 0.3 is 11.9 Å². The zero-order valence-corrected chi connectivity index (χ0v) is 84.3. The summed E-state index contributed by atoms with van der Waals surface area (Å²) < 4.78 is 64.9. The summed E-state index contributed by atoms with van der Waals surface area (Å²) in [6.45, 7) is 17.6. The van der Waals surface area contributed by atoms with Crippen molar-refractivity contribution in [1.29, 1.82) is 10.5 Å². The molecule has 0 aliphatic heterocycles. The number of benzene rings is 6.